The van der Waals surface area contributed by atoms with E-state index in [0.29, 0.717) is 13.2 Å². The summed E-state index contributed by atoms with van der Waals surface area (Å²) in [5, 5.41) is 5.22. The Hall–Kier alpha value is -0.800. The quantitative estimate of drug-likeness (QED) is 0.456. The number of halogens is 3. The lowest BCUT2D eigenvalue weighted by atomic mass is 10.3. The Labute approximate surface area is 117 Å². The minimum atomic E-state index is -0.696. The molecule has 7 heteroatoms. The van der Waals surface area contributed by atoms with Gasteiger partial charge in [-0.25, -0.2) is 8.78 Å². The van der Waals surface area contributed by atoms with Gasteiger partial charge in [0.15, 0.2) is 0 Å². The maximum absolute atomic E-state index is 13.2. The Balaban J connectivity index is 2.49. The van der Waals surface area contributed by atoms with Crippen LogP contribution in [0.2, 0.25) is 0 Å². The van der Waals surface area contributed by atoms with Crippen LogP contribution in [0.5, 0.6) is 0 Å². The summed E-state index contributed by atoms with van der Waals surface area (Å²) in [7, 11) is 1.55. The number of hydrogen-bond donors (Lipinski definition) is 2. The molecule has 0 saturated heterocycles. The fourth-order valence-corrected chi connectivity index (χ4v) is 1.52. The standard InChI is InChI=1S/C11H13F2IN2O2/c1-18-3-2-15-6-10(17)16-7-4-8(12)11(14)9(13)5-7/h4-5,15H,2-3,6H2,1H3,(H,16,17). The van der Waals surface area contributed by atoms with E-state index < -0.39 is 11.6 Å². The van der Waals surface area contributed by atoms with E-state index in [1.165, 1.54) is 0 Å². The number of ether oxygens (including phenoxy) is 1. The van der Waals surface area contributed by atoms with Gasteiger partial charge in [0.25, 0.3) is 0 Å². The Morgan fingerprint density at radius 2 is 2.00 bits per heavy atom. The monoisotopic (exact) mass is 370 g/mol. The third kappa shape index (κ3) is 4.83. The van der Waals surface area contributed by atoms with Crippen LogP contribution in [0.4, 0.5) is 14.5 Å². The van der Waals surface area contributed by atoms with Crippen LogP contribution in [0.15, 0.2) is 12.1 Å². The van der Waals surface area contributed by atoms with E-state index in [2.05, 4.69) is 10.6 Å². The number of amides is 1. The van der Waals surface area contributed by atoms with Gasteiger partial charge in [-0.2, -0.15) is 0 Å². The molecule has 2 N–H and O–H groups in total. The van der Waals surface area contributed by atoms with Crippen molar-refractivity contribution in [2.24, 2.45) is 0 Å². The molecule has 0 fully saturated rings. The largest absolute Gasteiger partial charge is 0.383 e. The zero-order valence-electron chi connectivity index (χ0n) is 9.73. The molecule has 0 radical (unpaired) electrons. The topological polar surface area (TPSA) is 50.4 Å². The van der Waals surface area contributed by atoms with Crippen molar-refractivity contribution in [3.63, 3.8) is 0 Å². The van der Waals surface area contributed by atoms with Crippen LogP contribution in [-0.4, -0.2) is 32.7 Å². The minimum Gasteiger partial charge on any atom is -0.383 e. The van der Waals surface area contributed by atoms with Gasteiger partial charge in [0.1, 0.15) is 11.6 Å². The third-order valence-electron chi connectivity index (χ3n) is 2.04. The summed E-state index contributed by atoms with van der Waals surface area (Å²) in [6, 6.07) is 2.16. The SMILES string of the molecule is COCCNCC(=O)Nc1cc(F)c(I)c(F)c1. The Morgan fingerprint density at radius 1 is 1.39 bits per heavy atom. The van der Waals surface area contributed by atoms with Crippen LogP contribution in [0.1, 0.15) is 0 Å². The van der Waals surface area contributed by atoms with Gasteiger partial charge < -0.3 is 15.4 Å². The lowest BCUT2D eigenvalue weighted by Gasteiger charge is -2.07. The molecule has 0 aliphatic heterocycles. The van der Waals surface area contributed by atoms with E-state index in [1.807, 2.05) is 0 Å². The molecule has 0 saturated carbocycles. The van der Waals surface area contributed by atoms with Crippen molar-refractivity contribution < 1.29 is 18.3 Å². The highest BCUT2D eigenvalue weighted by Crippen LogP contribution is 2.20. The summed E-state index contributed by atoms with van der Waals surface area (Å²) in [6.45, 7) is 1.07. The van der Waals surface area contributed by atoms with Crippen LogP contribution >= 0.6 is 22.6 Å². The summed E-state index contributed by atoms with van der Waals surface area (Å²) < 4.78 is 31.1. The van der Waals surface area contributed by atoms with Crippen molar-refractivity contribution in [3.05, 3.63) is 27.3 Å². The summed E-state index contributed by atoms with van der Waals surface area (Å²) >= 11 is 1.56. The molecule has 0 spiro atoms. The lowest BCUT2D eigenvalue weighted by Crippen LogP contribution is -2.30. The van der Waals surface area contributed by atoms with Gasteiger partial charge in [0.2, 0.25) is 5.91 Å². The number of methoxy groups -OCH3 is 1. The molecule has 4 nitrogen and oxygen atoms in total. The molecular weight excluding hydrogens is 357 g/mol. The fourth-order valence-electron chi connectivity index (χ4n) is 1.21. The van der Waals surface area contributed by atoms with E-state index in [1.54, 1.807) is 29.7 Å². The van der Waals surface area contributed by atoms with Crippen molar-refractivity contribution in [1.29, 1.82) is 0 Å². The van der Waals surface area contributed by atoms with E-state index in [9.17, 15) is 13.6 Å². The van der Waals surface area contributed by atoms with E-state index in [0.717, 1.165) is 12.1 Å². The first-order chi connectivity index (χ1) is 8.54. The van der Waals surface area contributed by atoms with Gasteiger partial charge in [-0.1, -0.05) is 0 Å². The van der Waals surface area contributed by atoms with Crippen molar-refractivity contribution in [2.75, 3.05) is 32.1 Å². The van der Waals surface area contributed by atoms with Crippen LogP contribution < -0.4 is 10.6 Å². The number of nitrogens with one attached hydrogen (secondary N) is 2. The van der Waals surface area contributed by atoms with Gasteiger partial charge in [0, 0.05) is 19.3 Å². The summed E-state index contributed by atoms with van der Waals surface area (Å²) in [5.41, 5.74) is 0.101. The molecule has 100 valence electrons. The smallest absolute Gasteiger partial charge is 0.238 e. The number of hydrogen-bond acceptors (Lipinski definition) is 3. The first-order valence-corrected chi connectivity index (χ1v) is 6.26. The Kier molecular flexibility index (Phi) is 6.44. The molecule has 0 aliphatic carbocycles. The van der Waals surface area contributed by atoms with E-state index in [4.69, 9.17) is 4.74 Å². The molecule has 0 unspecified atom stereocenters. The molecule has 0 aromatic heterocycles. The average Bonchev–Trinajstić information content (AvgIpc) is 2.31. The fraction of sp³-hybridized carbons (Fsp3) is 0.364. The molecule has 1 rings (SSSR count). The maximum atomic E-state index is 13.2. The molecular formula is C11H13F2IN2O2. The van der Waals surface area contributed by atoms with Gasteiger partial charge in [0.05, 0.1) is 16.7 Å². The van der Waals surface area contributed by atoms with Gasteiger partial charge >= 0.3 is 0 Å². The number of rotatable bonds is 6. The zero-order valence-corrected chi connectivity index (χ0v) is 11.9. The number of carbonyl (C=O) groups is 1. The second kappa shape index (κ2) is 7.59. The van der Waals surface area contributed by atoms with Crippen LogP contribution in [-0.2, 0) is 9.53 Å². The first kappa shape index (κ1) is 15.3. The molecule has 0 bridgehead atoms. The molecule has 1 amide bonds. The van der Waals surface area contributed by atoms with Crippen LogP contribution in [0, 0.1) is 15.2 Å². The minimum absolute atomic E-state index is 0.0542. The van der Waals surface area contributed by atoms with Crippen molar-refractivity contribution in [3.8, 4) is 0 Å². The van der Waals surface area contributed by atoms with Gasteiger partial charge in [-0.15, -0.1) is 0 Å². The Morgan fingerprint density at radius 3 is 2.56 bits per heavy atom. The number of anilines is 1. The summed E-state index contributed by atoms with van der Waals surface area (Å²) in [5.74, 6) is -1.76. The second-order valence-electron chi connectivity index (χ2n) is 3.47. The zero-order chi connectivity index (χ0) is 13.5. The normalized spacial score (nSPS) is 10.4. The lowest BCUT2D eigenvalue weighted by molar-refractivity contribution is -0.115. The van der Waals surface area contributed by atoms with Crippen molar-refractivity contribution in [1.82, 2.24) is 5.32 Å². The Bertz CT molecular complexity index is 406. The van der Waals surface area contributed by atoms with Crippen LogP contribution in [0.25, 0.3) is 0 Å². The summed E-state index contributed by atoms with van der Waals surface area (Å²) in [4.78, 5) is 11.4. The van der Waals surface area contributed by atoms with Crippen LogP contribution in [0.3, 0.4) is 0 Å². The number of benzene rings is 1. The number of carbonyl (C=O) groups excluding carboxylic acids is 1. The molecule has 1 aromatic carbocycles. The predicted octanol–water partition coefficient (Wildman–Crippen LogP) is 1.74. The maximum Gasteiger partial charge on any atom is 0.238 e. The predicted molar refractivity (Wildman–Crippen MR) is 72.5 cm³/mol. The molecule has 1 aromatic rings. The van der Waals surface area contributed by atoms with E-state index >= 15 is 0 Å². The van der Waals surface area contributed by atoms with E-state index in [-0.39, 0.29) is 21.7 Å². The molecule has 0 heterocycles. The van der Waals surface area contributed by atoms with Crippen molar-refractivity contribution >= 4 is 34.2 Å². The molecule has 18 heavy (non-hydrogen) atoms. The highest BCUT2D eigenvalue weighted by molar-refractivity contribution is 14.1. The summed E-state index contributed by atoms with van der Waals surface area (Å²) in [6.07, 6.45) is 0. The van der Waals surface area contributed by atoms with Gasteiger partial charge in [-0.05, 0) is 34.7 Å². The molecule has 0 atom stereocenters. The first-order valence-electron chi connectivity index (χ1n) is 5.18. The van der Waals surface area contributed by atoms with Crippen molar-refractivity contribution in [2.45, 2.75) is 0 Å². The highest BCUT2D eigenvalue weighted by atomic mass is 127. The van der Waals surface area contributed by atoms with Gasteiger partial charge in [-0.3, -0.25) is 4.79 Å². The third-order valence-corrected chi connectivity index (χ3v) is 3.07. The highest BCUT2D eigenvalue weighted by Gasteiger charge is 2.09. The second-order valence-corrected chi connectivity index (χ2v) is 4.55. The average molecular weight is 370 g/mol. The molecule has 0 aliphatic rings.